The number of carbonyl (C=O) groups excluding carboxylic acids is 1. The van der Waals surface area contributed by atoms with E-state index in [9.17, 15) is 9.59 Å². The third kappa shape index (κ3) is 4.53. The lowest BCUT2D eigenvalue weighted by molar-refractivity contribution is 0.0930. The predicted molar refractivity (Wildman–Crippen MR) is 115 cm³/mol. The summed E-state index contributed by atoms with van der Waals surface area (Å²) >= 11 is 0. The van der Waals surface area contributed by atoms with E-state index in [1.165, 1.54) is 10.7 Å². The summed E-state index contributed by atoms with van der Waals surface area (Å²) in [6, 6.07) is 15.4. The smallest absolute Gasteiger partial charge is 0.266 e. The number of carbonyl (C=O) groups is 1. The minimum atomic E-state index is -0.269. The van der Waals surface area contributed by atoms with E-state index < -0.39 is 0 Å². The normalized spacial score (nSPS) is 13.0. The van der Waals surface area contributed by atoms with E-state index in [0.717, 1.165) is 11.3 Å². The fourth-order valence-electron chi connectivity index (χ4n) is 3.29. The maximum atomic E-state index is 12.7. The van der Waals surface area contributed by atoms with Gasteiger partial charge in [-0.3, -0.25) is 9.59 Å². The molecule has 3 aromatic rings. The highest BCUT2D eigenvalue weighted by atomic mass is 16.7. The first-order valence-electron chi connectivity index (χ1n) is 10.0. The number of rotatable bonds is 7. The standard InChI is InChI=1S/C23H23N3O5/c1-3-17(24-23(28)16-6-10-20-21(12-16)31-14-30-20)13-26-22(27)11-9-19(25-26)15-4-7-18(29-2)8-5-15/h4-12,17H,3,13-14H2,1-2H3,(H,24,28)/t17-/m1/s1. The minimum absolute atomic E-state index is 0.150. The van der Waals surface area contributed by atoms with Gasteiger partial charge in [0.15, 0.2) is 11.5 Å². The molecule has 0 fully saturated rings. The van der Waals surface area contributed by atoms with E-state index in [2.05, 4.69) is 10.4 Å². The van der Waals surface area contributed by atoms with Crippen LogP contribution in [0.2, 0.25) is 0 Å². The van der Waals surface area contributed by atoms with E-state index >= 15 is 0 Å². The molecule has 160 valence electrons. The molecule has 8 heteroatoms. The molecule has 1 atom stereocenters. The number of methoxy groups -OCH3 is 1. The van der Waals surface area contributed by atoms with Crippen molar-refractivity contribution in [3.63, 3.8) is 0 Å². The van der Waals surface area contributed by atoms with Gasteiger partial charge in [-0.05, 0) is 55.0 Å². The molecule has 0 aliphatic carbocycles. The van der Waals surface area contributed by atoms with Gasteiger partial charge in [0.25, 0.3) is 11.5 Å². The van der Waals surface area contributed by atoms with E-state index in [4.69, 9.17) is 14.2 Å². The number of nitrogens with one attached hydrogen (secondary N) is 1. The number of benzene rings is 2. The second-order valence-electron chi connectivity index (χ2n) is 7.11. The summed E-state index contributed by atoms with van der Waals surface area (Å²) in [4.78, 5) is 25.1. The first kappa shape index (κ1) is 20.5. The Morgan fingerprint density at radius 2 is 1.90 bits per heavy atom. The fourth-order valence-corrected chi connectivity index (χ4v) is 3.29. The van der Waals surface area contributed by atoms with E-state index in [0.29, 0.717) is 29.2 Å². The molecule has 2 heterocycles. The summed E-state index contributed by atoms with van der Waals surface area (Å²) in [6.07, 6.45) is 0.636. The molecule has 0 spiro atoms. The Bertz CT molecular complexity index is 1140. The van der Waals surface area contributed by atoms with Crippen LogP contribution in [0.25, 0.3) is 11.3 Å². The Labute approximate surface area is 179 Å². The van der Waals surface area contributed by atoms with Crippen LogP contribution in [0.5, 0.6) is 17.2 Å². The van der Waals surface area contributed by atoms with Gasteiger partial charge in [0.05, 0.1) is 19.3 Å². The molecule has 8 nitrogen and oxygen atoms in total. The Kier molecular flexibility index (Phi) is 5.88. The second kappa shape index (κ2) is 8.91. The number of amides is 1. The molecule has 31 heavy (non-hydrogen) atoms. The van der Waals surface area contributed by atoms with Crippen LogP contribution in [-0.4, -0.2) is 35.6 Å². The Hall–Kier alpha value is -3.81. The number of nitrogens with zero attached hydrogens (tertiary/aromatic N) is 2. The lowest BCUT2D eigenvalue weighted by atomic mass is 10.1. The summed E-state index contributed by atoms with van der Waals surface area (Å²) < 4.78 is 17.2. The zero-order valence-electron chi connectivity index (χ0n) is 17.3. The van der Waals surface area contributed by atoms with Gasteiger partial charge < -0.3 is 19.5 Å². The minimum Gasteiger partial charge on any atom is -0.497 e. The topological polar surface area (TPSA) is 91.7 Å². The van der Waals surface area contributed by atoms with Gasteiger partial charge in [-0.2, -0.15) is 5.10 Å². The van der Waals surface area contributed by atoms with Crippen molar-refractivity contribution in [2.75, 3.05) is 13.9 Å². The summed E-state index contributed by atoms with van der Waals surface area (Å²) in [5.74, 6) is 1.67. The molecular weight excluding hydrogens is 398 g/mol. The molecule has 1 aromatic heterocycles. The van der Waals surface area contributed by atoms with Crippen LogP contribution in [-0.2, 0) is 6.54 Å². The molecule has 1 N–H and O–H groups in total. The number of hydrogen-bond donors (Lipinski definition) is 1. The van der Waals surface area contributed by atoms with Crippen molar-refractivity contribution >= 4 is 5.91 Å². The lowest BCUT2D eigenvalue weighted by Crippen LogP contribution is -2.40. The van der Waals surface area contributed by atoms with Crippen LogP contribution in [0.15, 0.2) is 59.4 Å². The first-order chi connectivity index (χ1) is 15.1. The van der Waals surface area contributed by atoms with Gasteiger partial charge in [-0.25, -0.2) is 4.68 Å². The van der Waals surface area contributed by atoms with Crippen LogP contribution >= 0.6 is 0 Å². The van der Waals surface area contributed by atoms with Gasteiger partial charge >= 0.3 is 0 Å². The molecule has 0 saturated heterocycles. The number of fused-ring (bicyclic) bond motifs is 1. The van der Waals surface area contributed by atoms with Crippen LogP contribution in [0.4, 0.5) is 0 Å². The monoisotopic (exact) mass is 421 g/mol. The predicted octanol–water partition coefficient (Wildman–Crippen LogP) is 2.86. The quantitative estimate of drug-likeness (QED) is 0.631. The fraction of sp³-hybridized carbons (Fsp3) is 0.261. The molecular formula is C23H23N3O5. The van der Waals surface area contributed by atoms with E-state index in [1.54, 1.807) is 31.4 Å². The maximum Gasteiger partial charge on any atom is 0.266 e. The van der Waals surface area contributed by atoms with Gasteiger partial charge in [0.1, 0.15) is 5.75 Å². The summed E-state index contributed by atoms with van der Waals surface area (Å²) in [7, 11) is 1.61. The highest BCUT2D eigenvalue weighted by molar-refractivity contribution is 5.95. The molecule has 1 amide bonds. The van der Waals surface area contributed by atoms with E-state index in [-0.39, 0.29) is 30.8 Å². The molecule has 0 bridgehead atoms. The van der Waals surface area contributed by atoms with E-state index in [1.807, 2.05) is 31.2 Å². The van der Waals surface area contributed by atoms with Crippen molar-refractivity contribution in [1.82, 2.24) is 15.1 Å². The molecule has 0 radical (unpaired) electrons. The maximum absolute atomic E-state index is 12.7. The van der Waals surface area contributed by atoms with Crippen molar-refractivity contribution in [3.05, 3.63) is 70.5 Å². The van der Waals surface area contributed by atoms with Crippen molar-refractivity contribution in [2.24, 2.45) is 0 Å². The van der Waals surface area contributed by atoms with Gasteiger partial charge in [-0.1, -0.05) is 6.92 Å². The zero-order valence-corrected chi connectivity index (χ0v) is 17.3. The Morgan fingerprint density at radius 3 is 2.65 bits per heavy atom. The van der Waals surface area contributed by atoms with Crippen molar-refractivity contribution in [2.45, 2.75) is 25.9 Å². The Morgan fingerprint density at radius 1 is 1.13 bits per heavy atom. The van der Waals surface area contributed by atoms with Crippen molar-refractivity contribution < 1.29 is 19.0 Å². The largest absolute Gasteiger partial charge is 0.497 e. The van der Waals surface area contributed by atoms with Crippen LogP contribution in [0.3, 0.4) is 0 Å². The first-order valence-corrected chi connectivity index (χ1v) is 10.0. The summed E-state index contributed by atoms with van der Waals surface area (Å²) in [5.41, 5.74) is 1.77. The average molecular weight is 421 g/mol. The summed E-state index contributed by atoms with van der Waals surface area (Å²) in [5, 5.41) is 7.46. The molecule has 2 aromatic carbocycles. The molecule has 0 saturated carbocycles. The SMILES string of the molecule is CC[C@H](Cn1nc(-c2ccc(OC)cc2)ccc1=O)NC(=O)c1ccc2c(c1)OCO2. The van der Waals surface area contributed by atoms with Gasteiger partial charge in [0, 0.05) is 23.2 Å². The number of ether oxygens (including phenoxy) is 3. The zero-order chi connectivity index (χ0) is 21.8. The molecule has 1 aliphatic heterocycles. The second-order valence-corrected chi connectivity index (χ2v) is 7.11. The highest BCUT2D eigenvalue weighted by Crippen LogP contribution is 2.32. The Balaban J connectivity index is 1.50. The van der Waals surface area contributed by atoms with Gasteiger partial charge in [-0.15, -0.1) is 0 Å². The molecule has 0 unspecified atom stereocenters. The average Bonchev–Trinajstić information content (AvgIpc) is 3.28. The van der Waals surface area contributed by atoms with Gasteiger partial charge in [0.2, 0.25) is 6.79 Å². The lowest BCUT2D eigenvalue weighted by Gasteiger charge is -2.18. The molecule has 4 rings (SSSR count). The van der Waals surface area contributed by atoms with Crippen LogP contribution in [0, 0.1) is 0 Å². The van der Waals surface area contributed by atoms with Crippen LogP contribution in [0.1, 0.15) is 23.7 Å². The third-order valence-electron chi connectivity index (χ3n) is 5.11. The number of aromatic nitrogens is 2. The van der Waals surface area contributed by atoms with Crippen molar-refractivity contribution in [3.8, 4) is 28.5 Å². The summed E-state index contributed by atoms with van der Waals surface area (Å²) in [6.45, 7) is 2.36. The number of hydrogen-bond acceptors (Lipinski definition) is 6. The third-order valence-corrected chi connectivity index (χ3v) is 5.11. The van der Waals surface area contributed by atoms with Crippen LogP contribution < -0.4 is 25.1 Å². The molecule has 1 aliphatic rings. The van der Waals surface area contributed by atoms with Crippen molar-refractivity contribution in [1.29, 1.82) is 0 Å². The highest BCUT2D eigenvalue weighted by Gasteiger charge is 2.19.